The predicted octanol–water partition coefficient (Wildman–Crippen LogP) is 4.35. The minimum Gasteiger partial charge on any atom is -0.382 e. The Bertz CT molecular complexity index is 1390. The number of carbonyl (C=O) groups is 2. The molecular weight excluding hydrogens is 467 g/mol. The fourth-order valence-electron chi connectivity index (χ4n) is 4.21. The second kappa shape index (κ2) is 9.81. The zero-order valence-corrected chi connectivity index (χ0v) is 19.6. The third-order valence-corrected chi connectivity index (χ3v) is 6.87. The highest BCUT2D eigenvalue weighted by Gasteiger charge is 2.25. The maximum atomic E-state index is 14.7. The monoisotopic (exact) mass is 490 g/mol. The number of rotatable bonds is 6. The molecule has 9 heteroatoms. The van der Waals surface area contributed by atoms with Gasteiger partial charge in [0, 0.05) is 28.9 Å². The summed E-state index contributed by atoms with van der Waals surface area (Å²) in [6.07, 6.45) is 0.290. The number of benzene rings is 3. The number of nitrogens with one attached hydrogen (secondary N) is 1. The summed E-state index contributed by atoms with van der Waals surface area (Å²) >= 11 is 1.31. The van der Waals surface area contributed by atoms with Gasteiger partial charge in [-0.15, -0.1) is 0 Å². The van der Waals surface area contributed by atoms with Crippen molar-refractivity contribution in [2.45, 2.75) is 12.3 Å². The van der Waals surface area contributed by atoms with Crippen LogP contribution in [0.5, 0.6) is 0 Å². The van der Waals surface area contributed by atoms with Crippen molar-refractivity contribution >= 4 is 50.6 Å². The smallest absolute Gasteiger partial charge is 0.253 e. The lowest BCUT2D eigenvalue weighted by Gasteiger charge is -2.27. The number of fused-ring (bicyclic) bond motifs is 1. The number of morpholine rings is 1. The van der Waals surface area contributed by atoms with E-state index in [0.29, 0.717) is 36.6 Å². The van der Waals surface area contributed by atoms with E-state index >= 15 is 0 Å². The van der Waals surface area contributed by atoms with Gasteiger partial charge >= 0.3 is 0 Å². The Balaban J connectivity index is 1.39. The summed E-state index contributed by atoms with van der Waals surface area (Å²) in [5.41, 5.74) is 8.44. The summed E-state index contributed by atoms with van der Waals surface area (Å²) in [7, 11) is 0. The number of aromatic nitrogens is 1. The van der Waals surface area contributed by atoms with Crippen LogP contribution in [0.4, 0.5) is 21.6 Å². The van der Waals surface area contributed by atoms with E-state index in [1.807, 2.05) is 18.2 Å². The maximum Gasteiger partial charge on any atom is 0.253 e. The quantitative estimate of drug-likeness (QED) is 0.419. The van der Waals surface area contributed by atoms with Gasteiger partial charge in [-0.3, -0.25) is 9.59 Å². The van der Waals surface area contributed by atoms with Crippen LogP contribution in [0.25, 0.3) is 10.1 Å². The molecule has 2 heterocycles. The number of nitrogen functional groups attached to an aromatic ring is 1. The van der Waals surface area contributed by atoms with Crippen LogP contribution >= 0.6 is 11.5 Å². The normalized spacial score (nSPS) is 14.8. The number of ether oxygens (including phenoxy) is 1. The summed E-state index contributed by atoms with van der Waals surface area (Å²) < 4.78 is 25.1. The number of hydrogen-bond acceptors (Lipinski definition) is 6. The number of hydrogen-bond donors (Lipinski definition) is 2. The summed E-state index contributed by atoms with van der Waals surface area (Å²) in [4.78, 5) is 27.1. The molecule has 178 valence electrons. The molecule has 1 saturated heterocycles. The van der Waals surface area contributed by atoms with Crippen LogP contribution in [0, 0.1) is 5.82 Å². The number of nitrogens with two attached hydrogens (primary N) is 1. The summed E-state index contributed by atoms with van der Waals surface area (Å²) in [6.45, 7) is 1.02. The molecule has 1 atom stereocenters. The van der Waals surface area contributed by atoms with Crippen molar-refractivity contribution in [2.75, 3.05) is 35.7 Å². The first-order valence-electron chi connectivity index (χ1n) is 11.2. The van der Waals surface area contributed by atoms with Gasteiger partial charge in [0.05, 0.1) is 17.2 Å². The number of nitrogens with zero attached hydrogens (tertiary/aromatic N) is 2. The SMILES string of the molecule is Nc1nsc2ccc(CC(C(=O)Nc3ccc(N4CCOCC4=O)cc3)c3ccccc3F)cc12. The van der Waals surface area contributed by atoms with Crippen LogP contribution in [0.3, 0.4) is 0 Å². The van der Waals surface area contributed by atoms with Crippen LogP contribution < -0.4 is 16.0 Å². The molecule has 1 aromatic heterocycles. The molecule has 0 aliphatic carbocycles. The lowest BCUT2D eigenvalue weighted by Crippen LogP contribution is -2.41. The molecule has 1 unspecified atom stereocenters. The van der Waals surface area contributed by atoms with Gasteiger partial charge in [-0.05, 0) is 66.0 Å². The molecule has 3 aromatic carbocycles. The van der Waals surface area contributed by atoms with Crippen molar-refractivity contribution in [3.8, 4) is 0 Å². The van der Waals surface area contributed by atoms with E-state index in [9.17, 15) is 14.0 Å². The molecule has 35 heavy (non-hydrogen) atoms. The molecule has 0 bridgehead atoms. The van der Waals surface area contributed by atoms with Crippen LogP contribution in [0.15, 0.2) is 66.7 Å². The highest BCUT2D eigenvalue weighted by molar-refractivity contribution is 7.13. The molecule has 0 radical (unpaired) electrons. The molecule has 1 aliphatic heterocycles. The maximum absolute atomic E-state index is 14.7. The van der Waals surface area contributed by atoms with Gasteiger partial charge in [0.1, 0.15) is 18.2 Å². The summed E-state index contributed by atoms with van der Waals surface area (Å²) in [5, 5.41) is 3.73. The average molecular weight is 491 g/mol. The van der Waals surface area contributed by atoms with Crippen LogP contribution in [0.2, 0.25) is 0 Å². The summed E-state index contributed by atoms with van der Waals surface area (Å²) in [6, 6.07) is 19.1. The molecule has 4 aromatic rings. The fourth-order valence-corrected chi connectivity index (χ4v) is 4.90. The zero-order valence-electron chi connectivity index (χ0n) is 18.7. The van der Waals surface area contributed by atoms with Gasteiger partial charge in [0.15, 0.2) is 0 Å². The van der Waals surface area contributed by atoms with Gasteiger partial charge in [0.25, 0.3) is 5.91 Å². The Morgan fingerprint density at radius 3 is 2.74 bits per heavy atom. The van der Waals surface area contributed by atoms with Crippen molar-refractivity contribution in [2.24, 2.45) is 0 Å². The Morgan fingerprint density at radius 1 is 1.17 bits per heavy atom. The molecule has 1 fully saturated rings. The van der Waals surface area contributed by atoms with E-state index in [4.69, 9.17) is 10.5 Å². The molecule has 2 amide bonds. The highest BCUT2D eigenvalue weighted by Crippen LogP contribution is 2.30. The number of anilines is 3. The van der Waals surface area contributed by atoms with Crippen molar-refractivity contribution < 1.29 is 18.7 Å². The molecule has 7 nitrogen and oxygen atoms in total. The van der Waals surface area contributed by atoms with Crippen molar-refractivity contribution in [3.63, 3.8) is 0 Å². The average Bonchev–Trinajstić information content (AvgIpc) is 3.24. The molecule has 0 saturated carbocycles. The first kappa shape index (κ1) is 22.9. The second-order valence-electron chi connectivity index (χ2n) is 8.31. The summed E-state index contributed by atoms with van der Waals surface area (Å²) in [5.74, 6) is -1.20. The van der Waals surface area contributed by atoms with Crippen molar-refractivity contribution in [1.29, 1.82) is 0 Å². The van der Waals surface area contributed by atoms with Gasteiger partial charge in [-0.25, -0.2) is 4.39 Å². The highest BCUT2D eigenvalue weighted by atomic mass is 32.1. The fraction of sp³-hybridized carbons (Fsp3) is 0.192. The topological polar surface area (TPSA) is 97.5 Å². The molecule has 5 rings (SSSR count). The Kier molecular flexibility index (Phi) is 6.43. The van der Waals surface area contributed by atoms with Gasteiger partial charge in [-0.2, -0.15) is 4.37 Å². The molecular formula is C26H23FN4O3S. The van der Waals surface area contributed by atoms with Crippen LogP contribution in [0.1, 0.15) is 17.0 Å². The molecule has 3 N–H and O–H groups in total. The minimum absolute atomic E-state index is 0.0572. The first-order chi connectivity index (χ1) is 17.0. The predicted molar refractivity (Wildman–Crippen MR) is 135 cm³/mol. The molecule has 1 aliphatic rings. The van der Waals surface area contributed by atoms with E-state index in [1.54, 1.807) is 47.4 Å². The second-order valence-corrected chi connectivity index (χ2v) is 9.12. The van der Waals surface area contributed by atoms with Gasteiger partial charge in [-0.1, -0.05) is 24.3 Å². The third kappa shape index (κ3) is 4.87. The lowest BCUT2D eigenvalue weighted by molar-refractivity contribution is -0.125. The van der Waals surface area contributed by atoms with E-state index in [0.717, 1.165) is 21.3 Å². The number of carbonyl (C=O) groups excluding carboxylic acids is 2. The van der Waals surface area contributed by atoms with Gasteiger partial charge < -0.3 is 20.7 Å². The number of halogens is 1. The first-order valence-corrected chi connectivity index (χ1v) is 11.9. The Morgan fingerprint density at radius 2 is 1.97 bits per heavy atom. The Labute approximate surface area is 205 Å². The number of amides is 2. The lowest BCUT2D eigenvalue weighted by atomic mass is 9.90. The van der Waals surface area contributed by atoms with Gasteiger partial charge in [0.2, 0.25) is 5.91 Å². The largest absolute Gasteiger partial charge is 0.382 e. The molecule has 0 spiro atoms. The third-order valence-electron chi connectivity index (χ3n) is 6.03. The zero-order chi connectivity index (χ0) is 24.4. The standard InChI is InChI=1S/C26H23FN4O3S/c27-22-4-2-1-3-19(22)20(13-16-5-10-23-21(14-16)25(28)30-35-23)26(33)29-17-6-8-18(9-7-17)31-11-12-34-15-24(31)32/h1-10,14,20H,11-13,15H2,(H2,28,30)(H,29,33). The Hall–Kier alpha value is -3.82. The van der Waals surface area contributed by atoms with E-state index < -0.39 is 11.7 Å². The van der Waals surface area contributed by atoms with E-state index in [2.05, 4.69) is 9.69 Å². The minimum atomic E-state index is -0.762. The van der Waals surface area contributed by atoms with Crippen molar-refractivity contribution in [3.05, 3.63) is 83.7 Å². The van der Waals surface area contributed by atoms with E-state index in [-0.39, 0.29) is 18.4 Å². The van der Waals surface area contributed by atoms with E-state index in [1.165, 1.54) is 17.6 Å². The van der Waals surface area contributed by atoms with Crippen molar-refractivity contribution in [1.82, 2.24) is 4.37 Å². The van der Waals surface area contributed by atoms with Crippen LogP contribution in [-0.4, -0.2) is 35.9 Å². The van der Waals surface area contributed by atoms with Crippen LogP contribution in [-0.2, 0) is 20.7 Å².